The van der Waals surface area contributed by atoms with Crippen molar-refractivity contribution in [3.8, 4) is 0 Å². The molecule has 1 amide bonds. The van der Waals surface area contributed by atoms with Crippen LogP contribution >= 0.6 is 0 Å². The van der Waals surface area contributed by atoms with Gasteiger partial charge in [-0.25, -0.2) is 9.97 Å². The Kier molecular flexibility index (Phi) is 6.21. The standard InChI is InChI=1S/C22H27F3N6O/c1-3-8-30-13-16(12-27-30)28-21-26-11-14(2)20(29-21)15-9-17-4-5-18(10-15)31(17)19(32)6-7-22(23,24)25/h9,11-13,17-18H,3-8,10H2,1-2H3,(H,26,28,29). The third-order valence-corrected chi connectivity index (χ3v) is 5.92. The monoisotopic (exact) mass is 448 g/mol. The summed E-state index contributed by atoms with van der Waals surface area (Å²) in [5.74, 6) is 0.0366. The van der Waals surface area contributed by atoms with Gasteiger partial charge in [-0.2, -0.15) is 18.3 Å². The molecule has 172 valence electrons. The minimum atomic E-state index is -4.32. The Morgan fingerprint density at radius 1 is 1.28 bits per heavy atom. The van der Waals surface area contributed by atoms with E-state index in [1.54, 1.807) is 17.3 Å². The van der Waals surface area contributed by atoms with Gasteiger partial charge in [-0.15, -0.1) is 0 Å². The van der Waals surface area contributed by atoms with Gasteiger partial charge in [0.05, 0.1) is 30.0 Å². The van der Waals surface area contributed by atoms with E-state index in [0.717, 1.165) is 48.3 Å². The van der Waals surface area contributed by atoms with Gasteiger partial charge < -0.3 is 10.2 Å². The molecule has 10 heteroatoms. The first-order valence-electron chi connectivity index (χ1n) is 11.0. The van der Waals surface area contributed by atoms with Gasteiger partial charge in [0, 0.05) is 31.4 Å². The van der Waals surface area contributed by atoms with E-state index in [2.05, 4.69) is 22.3 Å². The van der Waals surface area contributed by atoms with Crippen LogP contribution in [0.4, 0.5) is 24.8 Å². The molecular weight excluding hydrogens is 421 g/mol. The number of carbonyl (C=O) groups is 1. The van der Waals surface area contributed by atoms with Crippen LogP contribution in [0.25, 0.3) is 5.57 Å². The summed E-state index contributed by atoms with van der Waals surface area (Å²) >= 11 is 0. The van der Waals surface area contributed by atoms with Crippen molar-refractivity contribution in [1.29, 1.82) is 0 Å². The smallest absolute Gasteiger partial charge is 0.333 e. The van der Waals surface area contributed by atoms with Crippen LogP contribution in [-0.4, -0.2) is 48.8 Å². The van der Waals surface area contributed by atoms with Crippen molar-refractivity contribution in [2.24, 2.45) is 0 Å². The molecule has 2 bridgehead atoms. The van der Waals surface area contributed by atoms with Gasteiger partial charge in [0.1, 0.15) is 0 Å². The number of amides is 1. The predicted molar refractivity (Wildman–Crippen MR) is 114 cm³/mol. The summed E-state index contributed by atoms with van der Waals surface area (Å²) in [5.41, 5.74) is 3.54. The molecule has 0 aromatic carbocycles. The number of rotatable bonds is 7. The second-order valence-electron chi connectivity index (χ2n) is 8.45. The van der Waals surface area contributed by atoms with Crippen LogP contribution in [0, 0.1) is 6.92 Å². The summed E-state index contributed by atoms with van der Waals surface area (Å²) in [5, 5.41) is 7.48. The number of fused-ring (bicyclic) bond motifs is 2. The van der Waals surface area contributed by atoms with Gasteiger partial charge in [0.2, 0.25) is 11.9 Å². The summed E-state index contributed by atoms with van der Waals surface area (Å²) < 4.78 is 39.5. The van der Waals surface area contributed by atoms with Crippen molar-refractivity contribution >= 4 is 23.1 Å². The van der Waals surface area contributed by atoms with Gasteiger partial charge in [0.25, 0.3) is 0 Å². The summed E-state index contributed by atoms with van der Waals surface area (Å²) in [7, 11) is 0. The molecule has 4 heterocycles. The van der Waals surface area contributed by atoms with Crippen LogP contribution in [0.3, 0.4) is 0 Å². The van der Waals surface area contributed by atoms with Crippen LogP contribution in [0.1, 0.15) is 56.7 Å². The highest BCUT2D eigenvalue weighted by Gasteiger charge is 2.41. The fraction of sp³-hybridized carbons (Fsp3) is 0.545. The Morgan fingerprint density at radius 2 is 2.09 bits per heavy atom. The van der Waals surface area contributed by atoms with Gasteiger partial charge in [-0.1, -0.05) is 13.0 Å². The zero-order chi connectivity index (χ0) is 22.9. The molecule has 0 aliphatic carbocycles. The molecule has 4 rings (SSSR count). The molecule has 32 heavy (non-hydrogen) atoms. The zero-order valence-electron chi connectivity index (χ0n) is 18.2. The molecule has 2 unspecified atom stereocenters. The Hall–Kier alpha value is -2.91. The minimum absolute atomic E-state index is 0.0845. The molecule has 0 saturated carbocycles. The number of anilines is 2. The lowest BCUT2D eigenvalue weighted by atomic mass is 9.96. The summed E-state index contributed by atoms with van der Waals surface area (Å²) in [4.78, 5) is 23.2. The van der Waals surface area contributed by atoms with Crippen LogP contribution in [0.2, 0.25) is 0 Å². The van der Waals surface area contributed by atoms with Crippen molar-refractivity contribution in [1.82, 2.24) is 24.6 Å². The Labute approximate surface area is 184 Å². The first kappa shape index (κ1) is 22.3. The second kappa shape index (κ2) is 8.91. The molecular formula is C22H27F3N6O. The SMILES string of the molecule is CCCn1cc(Nc2ncc(C)c(C3=CC4CCC(C3)N4C(=O)CCC(F)(F)F)n2)cn1. The first-order chi connectivity index (χ1) is 15.2. The van der Waals surface area contributed by atoms with E-state index in [1.165, 1.54) is 0 Å². The summed E-state index contributed by atoms with van der Waals surface area (Å²) in [6, 6.07) is -0.263. The molecule has 7 nitrogen and oxygen atoms in total. The molecule has 2 aliphatic heterocycles. The fourth-order valence-corrected chi connectivity index (χ4v) is 4.51. The van der Waals surface area contributed by atoms with Crippen LogP contribution in [-0.2, 0) is 11.3 Å². The third-order valence-electron chi connectivity index (χ3n) is 5.92. The van der Waals surface area contributed by atoms with E-state index >= 15 is 0 Å². The Morgan fingerprint density at radius 3 is 2.81 bits per heavy atom. The van der Waals surface area contributed by atoms with Crippen molar-refractivity contribution in [3.05, 3.63) is 35.9 Å². The number of nitrogens with zero attached hydrogens (tertiary/aromatic N) is 5. The highest BCUT2D eigenvalue weighted by Crippen LogP contribution is 2.39. The van der Waals surface area contributed by atoms with Crippen molar-refractivity contribution in [3.63, 3.8) is 0 Å². The van der Waals surface area contributed by atoms with Crippen molar-refractivity contribution < 1.29 is 18.0 Å². The average Bonchev–Trinajstić information content (AvgIpc) is 3.28. The Bertz CT molecular complexity index is 1020. The lowest BCUT2D eigenvalue weighted by Crippen LogP contribution is -2.43. The zero-order valence-corrected chi connectivity index (χ0v) is 18.2. The quantitative estimate of drug-likeness (QED) is 0.669. The van der Waals surface area contributed by atoms with Crippen molar-refractivity contribution in [2.45, 2.75) is 77.2 Å². The molecule has 2 aromatic rings. The second-order valence-corrected chi connectivity index (χ2v) is 8.45. The highest BCUT2D eigenvalue weighted by molar-refractivity contribution is 5.80. The lowest BCUT2D eigenvalue weighted by molar-refractivity contribution is -0.150. The fourth-order valence-electron chi connectivity index (χ4n) is 4.51. The van der Waals surface area contributed by atoms with E-state index in [1.807, 2.05) is 23.9 Å². The normalized spacial score (nSPS) is 20.4. The van der Waals surface area contributed by atoms with E-state index < -0.39 is 24.9 Å². The highest BCUT2D eigenvalue weighted by atomic mass is 19.4. The van der Waals surface area contributed by atoms with Crippen LogP contribution < -0.4 is 5.32 Å². The maximum Gasteiger partial charge on any atom is 0.389 e. The minimum Gasteiger partial charge on any atom is -0.333 e. The predicted octanol–water partition coefficient (Wildman–Crippen LogP) is 4.62. The van der Waals surface area contributed by atoms with Crippen LogP contribution in [0.15, 0.2) is 24.7 Å². The maximum absolute atomic E-state index is 12.5. The number of hydrogen-bond donors (Lipinski definition) is 1. The van der Waals surface area contributed by atoms with Gasteiger partial charge in [-0.05, 0) is 43.7 Å². The average molecular weight is 448 g/mol. The maximum atomic E-state index is 12.5. The van der Waals surface area contributed by atoms with Crippen molar-refractivity contribution in [2.75, 3.05) is 5.32 Å². The number of hydrogen-bond acceptors (Lipinski definition) is 5. The number of aromatic nitrogens is 4. The van der Waals surface area contributed by atoms with Gasteiger partial charge in [0.15, 0.2) is 0 Å². The first-order valence-corrected chi connectivity index (χ1v) is 11.0. The lowest BCUT2D eigenvalue weighted by Gasteiger charge is -2.34. The number of aryl methyl sites for hydroxylation is 2. The molecule has 1 saturated heterocycles. The molecule has 1 fully saturated rings. The number of nitrogens with one attached hydrogen (secondary N) is 1. The van der Waals surface area contributed by atoms with E-state index in [0.29, 0.717) is 12.4 Å². The number of carbonyl (C=O) groups excluding carboxylic acids is 1. The summed E-state index contributed by atoms with van der Waals surface area (Å²) in [6.45, 7) is 4.84. The topological polar surface area (TPSA) is 75.9 Å². The van der Waals surface area contributed by atoms with Crippen LogP contribution in [0.5, 0.6) is 0 Å². The van der Waals surface area contributed by atoms with Gasteiger partial charge >= 0.3 is 6.18 Å². The molecule has 2 atom stereocenters. The molecule has 0 radical (unpaired) electrons. The molecule has 2 aromatic heterocycles. The largest absolute Gasteiger partial charge is 0.389 e. The molecule has 0 spiro atoms. The van der Waals surface area contributed by atoms with E-state index in [-0.39, 0.29) is 12.1 Å². The molecule has 2 aliphatic rings. The van der Waals surface area contributed by atoms with E-state index in [4.69, 9.17) is 4.98 Å². The van der Waals surface area contributed by atoms with Gasteiger partial charge in [-0.3, -0.25) is 9.48 Å². The van der Waals surface area contributed by atoms with E-state index in [9.17, 15) is 18.0 Å². The number of halogens is 3. The summed E-state index contributed by atoms with van der Waals surface area (Å²) in [6.07, 6.45) is 4.60. The molecule has 1 N–H and O–H groups in total. The number of alkyl halides is 3. The third kappa shape index (κ3) is 4.94. The Balaban J connectivity index is 1.50.